The maximum Gasteiger partial charge on any atom is 0.328 e. The van der Waals surface area contributed by atoms with Gasteiger partial charge in [0.15, 0.2) is 0 Å². The summed E-state index contributed by atoms with van der Waals surface area (Å²) in [5.41, 5.74) is 4.39. The van der Waals surface area contributed by atoms with Crippen LogP contribution in [0.2, 0.25) is 0 Å². The van der Waals surface area contributed by atoms with Crippen molar-refractivity contribution in [1.29, 1.82) is 0 Å². The molecule has 2 aromatic carbocycles. The molecule has 2 nitrogen and oxygen atoms in total. The highest BCUT2D eigenvalue weighted by Gasteiger charge is 2.05. The van der Waals surface area contributed by atoms with E-state index in [-0.39, 0.29) is 0 Å². The average Bonchev–Trinajstić information content (AvgIpc) is 2.54. The van der Waals surface area contributed by atoms with E-state index < -0.39 is 5.97 Å². The van der Waals surface area contributed by atoms with Gasteiger partial charge < -0.3 is 5.11 Å². The van der Waals surface area contributed by atoms with E-state index in [2.05, 4.69) is 25.1 Å². The molecule has 0 unspecified atom stereocenters. The highest BCUT2D eigenvalue weighted by Crippen LogP contribution is 2.26. The summed E-state index contributed by atoms with van der Waals surface area (Å²) in [5.74, 6) is -0.921. The van der Waals surface area contributed by atoms with Crippen molar-refractivity contribution in [3.63, 3.8) is 0 Å². The average molecular weight is 294 g/mol. The molecule has 22 heavy (non-hydrogen) atoms. The molecule has 0 aliphatic carbocycles. The molecule has 2 aromatic rings. The molecule has 0 atom stereocenters. The highest BCUT2D eigenvalue weighted by molar-refractivity contribution is 5.88. The summed E-state index contributed by atoms with van der Waals surface area (Å²) < 4.78 is 0. The Morgan fingerprint density at radius 2 is 1.86 bits per heavy atom. The normalized spacial score (nSPS) is 11.0. The lowest BCUT2D eigenvalue weighted by Crippen LogP contribution is -1.91. The SMILES string of the molecule is CCCCCc1ccc(-c2ccccc2)c(C=CC(=O)O)c1. The fourth-order valence-electron chi connectivity index (χ4n) is 2.53. The Balaban J connectivity index is 2.34. The van der Waals surface area contributed by atoms with E-state index in [1.54, 1.807) is 6.08 Å². The number of carboxylic acids is 1. The molecule has 0 aromatic heterocycles. The van der Waals surface area contributed by atoms with Crippen LogP contribution in [0, 0.1) is 0 Å². The third-order valence-electron chi connectivity index (χ3n) is 3.68. The molecule has 0 saturated heterocycles. The van der Waals surface area contributed by atoms with Crippen LogP contribution in [0.4, 0.5) is 0 Å². The fraction of sp³-hybridized carbons (Fsp3) is 0.250. The molecule has 0 saturated carbocycles. The van der Waals surface area contributed by atoms with Crippen molar-refractivity contribution in [3.8, 4) is 11.1 Å². The van der Waals surface area contributed by atoms with Gasteiger partial charge in [-0.25, -0.2) is 4.79 Å². The maximum atomic E-state index is 10.8. The topological polar surface area (TPSA) is 37.3 Å². The molecular formula is C20H22O2. The molecule has 0 heterocycles. The lowest BCUT2D eigenvalue weighted by atomic mass is 9.95. The smallest absolute Gasteiger partial charge is 0.328 e. The lowest BCUT2D eigenvalue weighted by Gasteiger charge is -2.09. The molecule has 0 amide bonds. The van der Waals surface area contributed by atoms with Gasteiger partial charge in [-0.3, -0.25) is 0 Å². The predicted octanol–water partition coefficient (Wildman–Crippen LogP) is 5.18. The van der Waals surface area contributed by atoms with Gasteiger partial charge in [0, 0.05) is 6.08 Å². The van der Waals surface area contributed by atoms with Gasteiger partial charge in [-0.05, 0) is 41.2 Å². The van der Waals surface area contributed by atoms with Gasteiger partial charge in [0.2, 0.25) is 0 Å². The minimum Gasteiger partial charge on any atom is -0.478 e. The van der Waals surface area contributed by atoms with E-state index in [9.17, 15) is 4.79 Å². The summed E-state index contributed by atoms with van der Waals surface area (Å²) >= 11 is 0. The van der Waals surface area contributed by atoms with E-state index in [0.29, 0.717) is 0 Å². The predicted molar refractivity (Wildman–Crippen MR) is 91.8 cm³/mol. The monoisotopic (exact) mass is 294 g/mol. The third-order valence-corrected chi connectivity index (χ3v) is 3.68. The van der Waals surface area contributed by atoms with Crippen molar-refractivity contribution in [2.45, 2.75) is 32.6 Å². The Hall–Kier alpha value is -2.35. The van der Waals surface area contributed by atoms with Crippen LogP contribution in [0.5, 0.6) is 0 Å². The highest BCUT2D eigenvalue weighted by atomic mass is 16.4. The van der Waals surface area contributed by atoms with Crippen molar-refractivity contribution in [2.75, 3.05) is 0 Å². The zero-order chi connectivity index (χ0) is 15.8. The molecule has 0 fully saturated rings. The third kappa shape index (κ3) is 4.59. The summed E-state index contributed by atoms with van der Waals surface area (Å²) in [6.07, 6.45) is 7.53. The Labute approximate surface area is 132 Å². The fourth-order valence-corrected chi connectivity index (χ4v) is 2.53. The van der Waals surface area contributed by atoms with Crippen LogP contribution in [-0.4, -0.2) is 11.1 Å². The van der Waals surface area contributed by atoms with Gasteiger partial charge in [0.05, 0.1) is 0 Å². The molecule has 2 rings (SSSR count). The van der Waals surface area contributed by atoms with Crippen molar-refractivity contribution >= 4 is 12.0 Å². The van der Waals surface area contributed by atoms with Crippen LogP contribution in [0.3, 0.4) is 0 Å². The van der Waals surface area contributed by atoms with Gasteiger partial charge >= 0.3 is 5.97 Å². The number of hydrogen-bond donors (Lipinski definition) is 1. The van der Waals surface area contributed by atoms with E-state index in [4.69, 9.17) is 5.11 Å². The molecule has 0 aliphatic rings. The Kier molecular flexibility index (Phi) is 5.96. The van der Waals surface area contributed by atoms with E-state index in [1.165, 1.54) is 30.9 Å². The number of carbonyl (C=O) groups is 1. The summed E-state index contributed by atoms with van der Waals surface area (Å²) in [7, 11) is 0. The molecular weight excluding hydrogens is 272 g/mol. The van der Waals surface area contributed by atoms with E-state index in [1.807, 2.05) is 30.3 Å². The minimum atomic E-state index is -0.921. The summed E-state index contributed by atoms with van der Waals surface area (Å²) in [6.45, 7) is 2.19. The van der Waals surface area contributed by atoms with Crippen molar-refractivity contribution < 1.29 is 9.90 Å². The first-order valence-corrected chi connectivity index (χ1v) is 7.80. The van der Waals surface area contributed by atoms with Crippen molar-refractivity contribution in [3.05, 3.63) is 65.7 Å². The van der Waals surface area contributed by atoms with Crippen LogP contribution in [-0.2, 0) is 11.2 Å². The minimum absolute atomic E-state index is 0.921. The Bertz CT molecular complexity index is 642. The molecule has 0 radical (unpaired) electrons. The second-order valence-electron chi connectivity index (χ2n) is 5.42. The summed E-state index contributed by atoms with van der Waals surface area (Å²) in [4.78, 5) is 10.8. The van der Waals surface area contributed by atoms with Crippen LogP contribution in [0.25, 0.3) is 17.2 Å². The zero-order valence-electron chi connectivity index (χ0n) is 13.0. The molecule has 1 N–H and O–H groups in total. The van der Waals surface area contributed by atoms with Crippen molar-refractivity contribution in [1.82, 2.24) is 0 Å². The Morgan fingerprint density at radius 1 is 1.09 bits per heavy atom. The standard InChI is InChI=1S/C20H22O2/c1-2-3-5-8-16-11-13-19(17-9-6-4-7-10-17)18(15-16)12-14-20(21)22/h4,6-7,9-15H,2-3,5,8H2,1H3,(H,21,22). The number of benzene rings is 2. The van der Waals surface area contributed by atoms with Crippen LogP contribution >= 0.6 is 0 Å². The molecule has 114 valence electrons. The number of aryl methyl sites for hydroxylation is 1. The van der Waals surface area contributed by atoms with E-state index >= 15 is 0 Å². The number of unbranched alkanes of at least 4 members (excludes halogenated alkanes) is 2. The lowest BCUT2D eigenvalue weighted by molar-refractivity contribution is -0.131. The number of aliphatic carboxylic acids is 1. The first kappa shape index (κ1) is 16.0. The summed E-state index contributed by atoms with van der Waals surface area (Å²) in [5, 5.41) is 8.89. The van der Waals surface area contributed by atoms with Crippen molar-refractivity contribution in [2.24, 2.45) is 0 Å². The molecule has 2 heteroatoms. The quantitative estimate of drug-likeness (QED) is 0.564. The summed E-state index contributed by atoms with van der Waals surface area (Å²) in [6, 6.07) is 16.4. The number of hydrogen-bond acceptors (Lipinski definition) is 1. The maximum absolute atomic E-state index is 10.8. The number of rotatable bonds is 7. The first-order valence-electron chi connectivity index (χ1n) is 7.80. The molecule has 0 aliphatic heterocycles. The largest absolute Gasteiger partial charge is 0.478 e. The molecule has 0 spiro atoms. The van der Waals surface area contributed by atoms with Gasteiger partial charge in [0.1, 0.15) is 0 Å². The van der Waals surface area contributed by atoms with E-state index in [0.717, 1.165) is 23.1 Å². The second kappa shape index (κ2) is 8.18. The van der Waals surface area contributed by atoms with Crippen LogP contribution in [0.1, 0.15) is 37.3 Å². The number of carboxylic acid groups (broad SMARTS) is 1. The van der Waals surface area contributed by atoms with Gasteiger partial charge in [-0.1, -0.05) is 68.3 Å². The van der Waals surface area contributed by atoms with Gasteiger partial charge in [0.25, 0.3) is 0 Å². The molecule has 0 bridgehead atoms. The Morgan fingerprint density at radius 3 is 2.55 bits per heavy atom. The zero-order valence-corrected chi connectivity index (χ0v) is 13.0. The first-order chi connectivity index (χ1) is 10.7. The van der Waals surface area contributed by atoms with Crippen LogP contribution < -0.4 is 0 Å². The van der Waals surface area contributed by atoms with Gasteiger partial charge in [-0.2, -0.15) is 0 Å². The second-order valence-corrected chi connectivity index (χ2v) is 5.42. The van der Waals surface area contributed by atoms with Gasteiger partial charge in [-0.15, -0.1) is 0 Å². The van der Waals surface area contributed by atoms with Crippen LogP contribution in [0.15, 0.2) is 54.6 Å².